The molecule has 1 aliphatic heterocycles. The van der Waals surface area contributed by atoms with Crippen molar-refractivity contribution >= 4 is 39.5 Å². The van der Waals surface area contributed by atoms with Gasteiger partial charge in [-0.3, -0.25) is 19.5 Å². The van der Waals surface area contributed by atoms with Gasteiger partial charge in [0.05, 0.1) is 22.2 Å². The summed E-state index contributed by atoms with van der Waals surface area (Å²) in [6.45, 7) is 0. The Morgan fingerprint density at radius 1 is 0.967 bits per heavy atom. The molecule has 6 heteroatoms. The van der Waals surface area contributed by atoms with Crippen LogP contribution in [-0.2, 0) is 4.79 Å². The fraction of sp³-hybridized carbons (Fsp3) is 0.0417. The van der Waals surface area contributed by atoms with E-state index in [4.69, 9.17) is 0 Å². The van der Waals surface area contributed by atoms with Crippen molar-refractivity contribution in [1.82, 2.24) is 4.98 Å². The summed E-state index contributed by atoms with van der Waals surface area (Å²) in [4.78, 5) is 32.6. The minimum atomic E-state index is -0.749. The van der Waals surface area contributed by atoms with Crippen molar-refractivity contribution in [2.24, 2.45) is 0 Å². The fourth-order valence-corrected chi connectivity index (χ4v) is 4.58. The van der Waals surface area contributed by atoms with Gasteiger partial charge in [-0.15, -0.1) is 11.3 Å². The van der Waals surface area contributed by atoms with E-state index in [1.807, 2.05) is 42.5 Å². The number of pyridine rings is 1. The highest BCUT2D eigenvalue weighted by molar-refractivity contribution is 7.12. The number of benzene rings is 2. The molecule has 0 spiro atoms. The second-order valence-corrected chi connectivity index (χ2v) is 7.87. The first-order valence-electron chi connectivity index (χ1n) is 9.39. The molecule has 0 bridgehead atoms. The second kappa shape index (κ2) is 7.24. The number of carbonyl (C=O) groups is 2. The molecule has 146 valence electrons. The highest BCUT2D eigenvalue weighted by Crippen LogP contribution is 2.44. The molecule has 30 heavy (non-hydrogen) atoms. The Morgan fingerprint density at radius 2 is 1.73 bits per heavy atom. The topological polar surface area (TPSA) is 70.5 Å². The molecule has 5 nitrogen and oxygen atoms in total. The van der Waals surface area contributed by atoms with Gasteiger partial charge in [-0.05, 0) is 40.6 Å². The lowest BCUT2D eigenvalue weighted by Crippen LogP contribution is -2.31. The zero-order valence-electron chi connectivity index (χ0n) is 15.7. The van der Waals surface area contributed by atoms with E-state index >= 15 is 0 Å². The lowest BCUT2D eigenvalue weighted by atomic mass is 9.95. The van der Waals surface area contributed by atoms with Gasteiger partial charge in [0.25, 0.3) is 5.91 Å². The Hall–Kier alpha value is -3.77. The maximum absolute atomic E-state index is 13.3. The van der Waals surface area contributed by atoms with Crippen molar-refractivity contribution in [1.29, 1.82) is 0 Å². The predicted octanol–water partition coefficient (Wildman–Crippen LogP) is 5.08. The van der Waals surface area contributed by atoms with Crippen molar-refractivity contribution in [2.75, 3.05) is 4.90 Å². The number of aliphatic hydroxyl groups is 1. The molecule has 1 atom stereocenters. The molecule has 2 aromatic carbocycles. The minimum Gasteiger partial charge on any atom is -0.503 e. The zero-order valence-corrected chi connectivity index (χ0v) is 16.5. The van der Waals surface area contributed by atoms with Crippen LogP contribution in [0.2, 0.25) is 0 Å². The molecule has 3 heterocycles. The molecule has 2 aromatic heterocycles. The van der Waals surface area contributed by atoms with E-state index in [2.05, 4.69) is 4.98 Å². The molecule has 1 unspecified atom stereocenters. The SMILES string of the molecule is O=C(C1=C(O)C(=O)N(c2cccc3ccccc23)C1c1ccncc1)c1cccs1. The van der Waals surface area contributed by atoms with Gasteiger partial charge in [0.2, 0.25) is 5.78 Å². The molecule has 0 saturated heterocycles. The van der Waals surface area contributed by atoms with Crippen molar-refractivity contribution in [3.05, 3.63) is 106 Å². The molecule has 1 aliphatic rings. The van der Waals surface area contributed by atoms with Crippen LogP contribution < -0.4 is 4.90 Å². The first-order chi connectivity index (χ1) is 14.7. The Labute approximate surface area is 176 Å². The lowest BCUT2D eigenvalue weighted by Gasteiger charge is -2.27. The average Bonchev–Trinajstić information content (AvgIpc) is 3.41. The summed E-state index contributed by atoms with van der Waals surface area (Å²) in [5, 5.41) is 14.4. The van der Waals surface area contributed by atoms with Gasteiger partial charge in [-0.1, -0.05) is 42.5 Å². The molecule has 0 aliphatic carbocycles. The van der Waals surface area contributed by atoms with Crippen LogP contribution >= 0.6 is 11.3 Å². The number of hydrogen-bond acceptors (Lipinski definition) is 5. The van der Waals surface area contributed by atoms with Crippen LogP contribution in [0.1, 0.15) is 21.3 Å². The minimum absolute atomic E-state index is 0.0848. The van der Waals surface area contributed by atoms with E-state index < -0.39 is 17.7 Å². The number of rotatable bonds is 4. The van der Waals surface area contributed by atoms with E-state index in [0.717, 1.165) is 10.8 Å². The first-order valence-corrected chi connectivity index (χ1v) is 10.3. The zero-order chi connectivity index (χ0) is 20.7. The van der Waals surface area contributed by atoms with Crippen LogP contribution in [0.3, 0.4) is 0 Å². The van der Waals surface area contributed by atoms with Crippen molar-refractivity contribution < 1.29 is 14.7 Å². The van der Waals surface area contributed by atoms with Gasteiger partial charge in [-0.25, -0.2) is 0 Å². The molecule has 0 saturated carbocycles. The van der Waals surface area contributed by atoms with Crippen molar-refractivity contribution in [2.45, 2.75) is 6.04 Å². The monoisotopic (exact) mass is 412 g/mol. The number of ketones is 1. The summed E-state index contributed by atoms with van der Waals surface area (Å²) in [5.41, 5.74) is 1.43. The third-order valence-electron chi connectivity index (χ3n) is 5.25. The van der Waals surface area contributed by atoms with Crippen LogP contribution in [0.25, 0.3) is 10.8 Å². The molecule has 1 N–H and O–H groups in total. The summed E-state index contributed by atoms with van der Waals surface area (Å²) in [5.74, 6) is -1.45. The highest BCUT2D eigenvalue weighted by atomic mass is 32.1. The summed E-state index contributed by atoms with van der Waals surface area (Å²) < 4.78 is 0. The maximum atomic E-state index is 13.3. The van der Waals surface area contributed by atoms with Gasteiger partial charge in [-0.2, -0.15) is 0 Å². The second-order valence-electron chi connectivity index (χ2n) is 6.93. The number of hydrogen-bond donors (Lipinski definition) is 1. The van der Waals surface area contributed by atoms with E-state index in [0.29, 0.717) is 16.1 Å². The number of anilines is 1. The van der Waals surface area contributed by atoms with Gasteiger partial charge in [0.15, 0.2) is 5.76 Å². The maximum Gasteiger partial charge on any atom is 0.294 e. The third kappa shape index (κ3) is 2.81. The third-order valence-corrected chi connectivity index (χ3v) is 6.11. The van der Waals surface area contributed by atoms with Crippen molar-refractivity contribution in [3.63, 3.8) is 0 Å². The summed E-state index contributed by atoms with van der Waals surface area (Å²) in [7, 11) is 0. The van der Waals surface area contributed by atoms with Gasteiger partial charge >= 0.3 is 0 Å². The van der Waals surface area contributed by atoms with E-state index in [-0.39, 0.29) is 11.4 Å². The normalized spacial score (nSPS) is 16.5. The predicted molar refractivity (Wildman–Crippen MR) is 117 cm³/mol. The number of amides is 1. The van der Waals surface area contributed by atoms with Crippen LogP contribution in [0.15, 0.2) is 95.8 Å². The Morgan fingerprint density at radius 3 is 2.50 bits per heavy atom. The molecular weight excluding hydrogens is 396 g/mol. The summed E-state index contributed by atoms with van der Waals surface area (Å²) in [6.07, 6.45) is 3.23. The van der Waals surface area contributed by atoms with Crippen LogP contribution in [0.4, 0.5) is 5.69 Å². The van der Waals surface area contributed by atoms with E-state index in [1.54, 1.807) is 42.0 Å². The van der Waals surface area contributed by atoms with E-state index in [1.165, 1.54) is 16.2 Å². The molecule has 5 rings (SSSR count). The number of aromatic nitrogens is 1. The Balaban J connectivity index is 1.73. The number of Topliss-reactive ketones (excluding diaryl/α,β-unsaturated/α-hetero) is 1. The van der Waals surface area contributed by atoms with E-state index in [9.17, 15) is 14.7 Å². The Kier molecular flexibility index (Phi) is 4.41. The molecule has 1 amide bonds. The quantitative estimate of drug-likeness (QED) is 0.475. The van der Waals surface area contributed by atoms with Crippen LogP contribution in [0.5, 0.6) is 0 Å². The van der Waals surface area contributed by atoms with Crippen LogP contribution in [0, 0.1) is 0 Å². The van der Waals surface area contributed by atoms with Crippen molar-refractivity contribution in [3.8, 4) is 0 Å². The lowest BCUT2D eigenvalue weighted by molar-refractivity contribution is -0.117. The molecular formula is C24H16N2O3S. The number of aliphatic hydroxyl groups excluding tert-OH is 1. The number of thiophene rings is 1. The molecule has 0 radical (unpaired) electrons. The summed E-state index contributed by atoms with van der Waals surface area (Å²) >= 11 is 1.28. The fourth-order valence-electron chi connectivity index (χ4n) is 3.91. The van der Waals surface area contributed by atoms with Gasteiger partial charge in [0, 0.05) is 17.8 Å². The number of nitrogens with zero attached hydrogens (tertiary/aromatic N) is 2. The highest BCUT2D eigenvalue weighted by Gasteiger charge is 2.45. The van der Waals surface area contributed by atoms with Gasteiger partial charge < -0.3 is 5.11 Å². The number of fused-ring (bicyclic) bond motifs is 1. The molecule has 4 aromatic rings. The van der Waals surface area contributed by atoms with Gasteiger partial charge in [0.1, 0.15) is 0 Å². The van der Waals surface area contributed by atoms with Crippen LogP contribution in [-0.4, -0.2) is 21.8 Å². The first kappa shape index (κ1) is 18.3. The summed E-state index contributed by atoms with van der Waals surface area (Å²) in [6, 6.07) is 19.6. The molecule has 0 fully saturated rings. The standard InChI is InChI=1S/C24H16N2O3S/c27-22(19-9-4-14-30-19)20-21(16-10-12-25-13-11-16)26(24(29)23(20)28)18-8-3-6-15-5-1-2-7-17(15)18/h1-14,21,28H. The average molecular weight is 412 g/mol. The smallest absolute Gasteiger partial charge is 0.294 e. The Bertz CT molecular complexity index is 1290. The largest absolute Gasteiger partial charge is 0.503 e. The number of carbonyl (C=O) groups excluding carboxylic acids is 2.